The van der Waals surface area contributed by atoms with Gasteiger partial charge in [-0.2, -0.15) is 0 Å². The first-order valence-corrected chi connectivity index (χ1v) is 7.75. The monoisotopic (exact) mass is 275 g/mol. The van der Waals surface area contributed by atoms with E-state index in [2.05, 4.69) is 61.3 Å². The van der Waals surface area contributed by atoms with Crippen LogP contribution in [0.25, 0.3) is 0 Å². The largest absolute Gasteiger partial charge is 0.312 e. The maximum atomic E-state index is 3.50. The van der Waals surface area contributed by atoms with Crippen LogP contribution in [0.4, 0.5) is 0 Å². The highest BCUT2D eigenvalue weighted by Crippen LogP contribution is 2.18. The summed E-state index contributed by atoms with van der Waals surface area (Å²) in [4.78, 5) is 5.04. The van der Waals surface area contributed by atoms with Crippen LogP contribution >= 0.6 is 0 Å². The number of hydrogen-bond donors (Lipinski definition) is 1. The Labute approximate surface area is 124 Å². The van der Waals surface area contributed by atoms with Gasteiger partial charge >= 0.3 is 0 Å². The predicted octanol–water partition coefficient (Wildman–Crippen LogP) is 2.20. The molecule has 0 saturated carbocycles. The van der Waals surface area contributed by atoms with Crippen molar-refractivity contribution < 1.29 is 0 Å². The third-order valence-electron chi connectivity index (χ3n) is 4.25. The molecule has 1 atom stereocenters. The minimum Gasteiger partial charge on any atom is -0.312 e. The van der Waals surface area contributed by atoms with E-state index in [1.165, 1.54) is 49.3 Å². The fraction of sp³-hybridized carbons (Fsp3) is 0.647. The van der Waals surface area contributed by atoms with E-state index in [1.54, 1.807) is 0 Å². The Bertz CT molecular complexity index is 410. The van der Waals surface area contributed by atoms with Gasteiger partial charge in [0.15, 0.2) is 0 Å². The van der Waals surface area contributed by atoms with Crippen LogP contribution in [-0.4, -0.2) is 56.6 Å². The van der Waals surface area contributed by atoms with Crippen molar-refractivity contribution in [1.82, 2.24) is 15.1 Å². The van der Waals surface area contributed by atoms with Crippen LogP contribution in [0.2, 0.25) is 0 Å². The summed E-state index contributed by atoms with van der Waals surface area (Å²) in [6.45, 7) is 10.3. The van der Waals surface area contributed by atoms with Crippen molar-refractivity contribution in [3.8, 4) is 0 Å². The van der Waals surface area contributed by atoms with Gasteiger partial charge in [0.1, 0.15) is 0 Å². The summed E-state index contributed by atoms with van der Waals surface area (Å²) < 4.78 is 0. The van der Waals surface area contributed by atoms with E-state index in [1.807, 2.05) is 0 Å². The molecule has 1 unspecified atom stereocenters. The van der Waals surface area contributed by atoms with Gasteiger partial charge in [-0.3, -0.25) is 0 Å². The molecule has 1 aliphatic rings. The van der Waals surface area contributed by atoms with Gasteiger partial charge < -0.3 is 15.1 Å². The molecule has 1 heterocycles. The van der Waals surface area contributed by atoms with Crippen LogP contribution in [0.15, 0.2) is 18.2 Å². The number of nitrogens with zero attached hydrogens (tertiary/aromatic N) is 2. The summed E-state index contributed by atoms with van der Waals surface area (Å²) in [7, 11) is 4.30. The maximum Gasteiger partial charge on any atom is 0.0447 e. The third kappa shape index (κ3) is 4.30. The van der Waals surface area contributed by atoms with Gasteiger partial charge in [0.2, 0.25) is 0 Å². The molecule has 0 aliphatic carbocycles. The van der Waals surface area contributed by atoms with Gasteiger partial charge in [0.05, 0.1) is 0 Å². The van der Waals surface area contributed by atoms with E-state index in [0.717, 1.165) is 6.54 Å². The van der Waals surface area contributed by atoms with Crippen molar-refractivity contribution in [3.63, 3.8) is 0 Å². The SMILES string of the molecule is CNC(CN1CCCN(C)CC1)c1cc(C)cc(C)c1. The standard InChI is InChI=1S/C17H29N3/c1-14-10-15(2)12-16(11-14)17(18-3)13-20-7-5-6-19(4)8-9-20/h10-12,17-18H,5-9,13H2,1-4H3. The lowest BCUT2D eigenvalue weighted by atomic mass is 10.0. The Morgan fingerprint density at radius 2 is 1.75 bits per heavy atom. The van der Waals surface area contributed by atoms with Crippen molar-refractivity contribution in [2.24, 2.45) is 0 Å². The van der Waals surface area contributed by atoms with Crippen LogP contribution < -0.4 is 5.32 Å². The molecule has 3 heteroatoms. The zero-order chi connectivity index (χ0) is 14.5. The maximum absolute atomic E-state index is 3.50. The van der Waals surface area contributed by atoms with E-state index in [-0.39, 0.29) is 0 Å². The fourth-order valence-electron chi connectivity index (χ4n) is 3.12. The smallest absolute Gasteiger partial charge is 0.0447 e. The van der Waals surface area contributed by atoms with Gasteiger partial charge in [-0.15, -0.1) is 0 Å². The first-order chi connectivity index (χ1) is 9.58. The van der Waals surface area contributed by atoms with Gasteiger partial charge in [0.25, 0.3) is 0 Å². The molecular weight excluding hydrogens is 246 g/mol. The van der Waals surface area contributed by atoms with Gasteiger partial charge in [-0.05, 0) is 53.0 Å². The molecule has 0 aromatic heterocycles. The molecule has 3 nitrogen and oxygen atoms in total. The fourth-order valence-corrected chi connectivity index (χ4v) is 3.12. The van der Waals surface area contributed by atoms with Crippen molar-refractivity contribution in [1.29, 1.82) is 0 Å². The highest BCUT2D eigenvalue weighted by Gasteiger charge is 2.17. The molecule has 0 bridgehead atoms. The summed E-state index contributed by atoms with van der Waals surface area (Å²) in [5.74, 6) is 0. The van der Waals surface area contributed by atoms with E-state index in [4.69, 9.17) is 0 Å². The second-order valence-corrected chi connectivity index (χ2v) is 6.22. The Balaban J connectivity index is 2.04. The molecule has 20 heavy (non-hydrogen) atoms. The summed E-state index contributed by atoms with van der Waals surface area (Å²) in [5.41, 5.74) is 4.13. The predicted molar refractivity (Wildman–Crippen MR) is 86.3 cm³/mol. The number of rotatable bonds is 4. The Hall–Kier alpha value is -0.900. The number of benzene rings is 1. The Morgan fingerprint density at radius 3 is 2.40 bits per heavy atom. The lowest BCUT2D eigenvalue weighted by Crippen LogP contribution is -2.36. The number of nitrogens with one attached hydrogen (secondary N) is 1. The second kappa shape index (κ2) is 7.21. The van der Waals surface area contributed by atoms with Crippen molar-refractivity contribution in [2.45, 2.75) is 26.3 Å². The molecule has 1 N–H and O–H groups in total. The highest BCUT2D eigenvalue weighted by molar-refractivity contribution is 5.30. The van der Waals surface area contributed by atoms with E-state index in [0.29, 0.717) is 6.04 Å². The molecule has 1 aliphatic heterocycles. The molecule has 2 rings (SSSR count). The normalized spacial score (nSPS) is 19.8. The topological polar surface area (TPSA) is 18.5 Å². The quantitative estimate of drug-likeness (QED) is 0.909. The van der Waals surface area contributed by atoms with Crippen LogP contribution in [0.3, 0.4) is 0 Å². The lowest BCUT2D eigenvalue weighted by molar-refractivity contribution is 0.251. The van der Waals surface area contributed by atoms with Crippen LogP contribution in [0.1, 0.15) is 29.2 Å². The van der Waals surface area contributed by atoms with E-state index >= 15 is 0 Å². The molecule has 1 saturated heterocycles. The van der Waals surface area contributed by atoms with Crippen LogP contribution in [-0.2, 0) is 0 Å². The lowest BCUT2D eigenvalue weighted by Gasteiger charge is -2.27. The van der Waals surface area contributed by atoms with E-state index in [9.17, 15) is 0 Å². The van der Waals surface area contributed by atoms with Gasteiger partial charge in [-0.1, -0.05) is 29.3 Å². The minimum absolute atomic E-state index is 0.428. The van der Waals surface area contributed by atoms with Crippen molar-refractivity contribution >= 4 is 0 Å². The third-order valence-corrected chi connectivity index (χ3v) is 4.25. The van der Waals surface area contributed by atoms with Gasteiger partial charge in [-0.25, -0.2) is 0 Å². The number of aryl methyl sites for hydroxylation is 2. The Morgan fingerprint density at radius 1 is 1.05 bits per heavy atom. The molecule has 1 aromatic rings. The summed E-state index contributed by atoms with van der Waals surface area (Å²) in [5, 5.41) is 3.50. The molecule has 0 amide bonds. The van der Waals surface area contributed by atoms with Crippen LogP contribution in [0.5, 0.6) is 0 Å². The van der Waals surface area contributed by atoms with Crippen molar-refractivity contribution in [2.75, 3.05) is 46.8 Å². The zero-order valence-corrected chi connectivity index (χ0v) is 13.4. The summed E-state index contributed by atoms with van der Waals surface area (Å²) >= 11 is 0. The van der Waals surface area contributed by atoms with E-state index < -0.39 is 0 Å². The average Bonchev–Trinajstić information content (AvgIpc) is 2.59. The molecule has 1 aromatic carbocycles. The number of likely N-dealkylation sites (N-methyl/N-ethyl adjacent to an activating group) is 2. The van der Waals surface area contributed by atoms with Crippen LogP contribution in [0, 0.1) is 13.8 Å². The highest BCUT2D eigenvalue weighted by atomic mass is 15.2. The Kier molecular flexibility index (Phi) is 5.58. The minimum atomic E-state index is 0.428. The molecule has 112 valence electrons. The summed E-state index contributed by atoms with van der Waals surface area (Å²) in [6, 6.07) is 7.31. The molecule has 0 radical (unpaired) electrons. The average molecular weight is 275 g/mol. The van der Waals surface area contributed by atoms with Crippen molar-refractivity contribution in [3.05, 3.63) is 34.9 Å². The molecule has 0 spiro atoms. The zero-order valence-electron chi connectivity index (χ0n) is 13.4. The second-order valence-electron chi connectivity index (χ2n) is 6.22. The number of hydrogen-bond acceptors (Lipinski definition) is 3. The molecule has 1 fully saturated rings. The first kappa shape index (κ1) is 15.5. The molecular formula is C17H29N3. The van der Waals surface area contributed by atoms with Gasteiger partial charge in [0, 0.05) is 25.7 Å². The first-order valence-electron chi connectivity index (χ1n) is 7.75. The summed E-state index contributed by atoms with van der Waals surface area (Å²) in [6.07, 6.45) is 1.28.